The van der Waals surface area contributed by atoms with Gasteiger partial charge in [0.2, 0.25) is 0 Å². The molecule has 0 N–H and O–H groups in total. The molecular formula is C13H12BF4IO. The second kappa shape index (κ2) is 7.51. The Bertz CT molecular complexity index is 520. The van der Waals surface area contributed by atoms with Crippen molar-refractivity contribution < 1.29 is 44.6 Å². The molecule has 0 saturated heterocycles. The largest absolute Gasteiger partial charge is 0.673 e. The van der Waals surface area contributed by atoms with E-state index in [0.29, 0.717) is 0 Å². The van der Waals surface area contributed by atoms with Crippen LogP contribution in [-0.4, -0.2) is 14.4 Å². The predicted octanol–water partition coefficient (Wildman–Crippen LogP) is 1.12. The third kappa shape index (κ3) is 6.79. The summed E-state index contributed by atoms with van der Waals surface area (Å²) in [5.74, 6) is 0.895. The molecule has 0 aliphatic heterocycles. The molecule has 7 heteroatoms. The van der Waals surface area contributed by atoms with Crippen LogP contribution in [0.15, 0.2) is 48.5 Å². The Morgan fingerprint density at radius 3 is 1.50 bits per heavy atom. The Kier molecular flexibility index (Phi) is 6.32. The molecule has 0 fully saturated rings. The first-order chi connectivity index (χ1) is 9.29. The zero-order chi connectivity index (χ0) is 15.2. The van der Waals surface area contributed by atoms with Gasteiger partial charge in [-0.3, -0.25) is 0 Å². The van der Waals surface area contributed by atoms with Crippen LogP contribution in [-0.2, 0) is 0 Å². The Hall–Kier alpha value is -1.25. The zero-order valence-electron chi connectivity index (χ0n) is 10.5. The molecule has 0 bridgehead atoms. The van der Waals surface area contributed by atoms with Gasteiger partial charge in [0.05, 0.1) is 7.11 Å². The van der Waals surface area contributed by atoms with Crippen molar-refractivity contribution in [3.63, 3.8) is 0 Å². The maximum atomic E-state index is 9.75. The topological polar surface area (TPSA) is 9.23 Å². The quantitative estimate of drug-likeness (QED) is 0.419. The fourth-order valence-corrected chi connectivity index (χ4v) is 1.82. The number of ether oxygens (including phenoxy) is 1. The SMILES string of the molecule is COc1ccc(-c2ccc([IH+])cc2)cc1.F[B-](F)(F)F. The van der Waals surface area contributed by atoms with Crippen molar-refractivity contribution in [1.82, 2.24) is 0 Å². The molecule has 0 aliphatic rings. The van der Waals surface area contributed by atoms with Gasteiger partial charge in [0.15, 0.2) is 3.57 Å². The van der Waals surface area contributed by atoms with E-state index < -0.39 is 7.25 Å². The van der Waals surface area contributed by atoms with Crippen LogP contribution in [0.1, 0.15) is 0 Å². The lowest BCUT2D eigenvalue weighted by atomic mass is 10.1. The number of hydrogen-bond acceptors (Lipinski definition) is 1. The van der Waals surface area contributed by atoms with Gasteiger partial charge in [0.25, 0.3) is 22.6 Å². The fraction of sp³-hybridized carbons (Fsp3) is 0.0769. The predicted molar refractivity (Wildman–Crippen MR) is 68.7 cm³/mol. The highest BCUT2D eigenvalue weighted by Gasteiger charge is 2.20. The molecular weight excluding hydrogens is 386 g/mol. The highest BCUT2D eigenvalue weighted by atomic mass is 127. The summed E-state index contributed by atoms with van der Waals surface area (Å²) < 4.78 is 45.4. The highest BCUT2D eigenvalue weighted by molar-refractivity contribution is 6.50. The lowest BCUT2D eigenvalue weighted by molar-refractivity contribution is -0.328. The van der Waals surface area contributed by atoms with Gasteiger partial charge in [-0.05, 0) is 47.5 Å². The number of benzene rings is 2. The van der Waals surface area contributed by atoms with E-state index in [0.717, 1.165) is 5.75 Å². The lowest BCUT2D eigenvalue weighted by Crippen LogP contribution is -3.34. The molecule has 0 heterocycles. The summed E-state index contributed by atoms with van der Waals surface area (Å²) >= 11 is 2.02. The van der Waals surface area contributed by atoms with E-state index in [9.17, 15) is 17.3 Å². The third-order valence-electron chi connectivity index (χ3n) is 2.28. The van der Waals surface area contributed by atoms with Crippen molar-refractivity contribution in [3.05, 3.63) is 52.1 Å². The third-order valence-corrected chi connectivity index (χ3v) is 3.05. The normalized spacial score (nSPS) is 10.5. The van der Waals surface area contributed by atoms with Crippen LogP contribution in [0.4, 0.5) is 17.3 Å². The molecule has 0 aliphatic carbocycles. The summed E-state index contributed by atoms with van der Waals surface area (Å²) in [5.41, 5.74) is 2.46. The van der Waals surface area contributed by atoms with Gasteiger partial charge in [0, 0.05) is 0 Å². The van der Waals surface area contributed by atoms with Gasteiger partial charge in [-0.2, -0.15) is 0 Å². The molecule has 1 nitrogen and oxygen atoms in total. The van der Waals surface area contributed by atoms with E-state index in [1.54, 1.807) is 7.11 Å². The van der Waals surface area contributed by atoms with E-state index >= 15 is 0 Å². The summed E-state index contributed by atoms with van der Waals surface area (Å²) in [7, 11) is -4.32. The van der Waals surface area contributed by atoms with Crippen LogP contribution in [0.3, 0.4) is 0 Å². The van der Waals surface area contributed by atoms with Gasteiger partial charge in [-0.25, -0.2) is 0 Å². The first-order valence-electron chi connectivity index (χ1n) is 5.58. The van der Waals surface area contributed by atoms with Crippen LogP contribution < -0.4 is 27.3 Å². The molecule has 0 spiro atoms. The molecule has 20 heavy (non-hydrogen) atoms. The van der Waals surface area contributed by atoms with E-state index in [1.807, 2.05) is 34.7 Å². The van der Waals surface area contributed by atoms with Crippen LogP contribution in [0.25, 0.3) is 11.1 Å². The Morgan fingerprint density at radius 2 is 1.15 bits per heavy atom. The minimum absolute atomic E-state index is 0.895. The maximum Gasteiger partial charge on any atom is 0.673 e. The maximum absolute atomic E-state index is 9.75. The van der Waals surface area contributed by atoms with Crippen LogP contribution in [0.2, 0.25) is 0 Å². The van der Waals surface area contributed by atoms with Crippen molar-refractivity contribution in [2.75, 3.05) is 7.11 Å². The molecule has 0 atom stereocenters. The van der Waals surface area contributed by atoms with Crippen molar-refractivity contribution in [2.24, 2.45) is 0 Å². The van der Waals surface area contributed by atoms with Gasteiger partial charge < -0.3 is 22.0 Å². The lowest BCUT2D eigenvalue weighted by Gasteiger charge is -2.02. The van der Waals surface area contributed by atoms with Crippen LogP contribution >= 0.6 is 0 Å². The van der Waals surface area contributed by atoms with E-state index in [1.165, 1.54) is 14.7 Å². The molecule has 108 valence electrons. The van der Waals surface area contributed by atoms with E-state index in [-0.39, 0.29) is 0 Å². The summed E-state index contributed by atoms with van der Waals surface area (Å²) in [5, 5.41) is 0. The molecule has 2 rings (SSSR count). The minimum atomic E-state index is -6.00. The van der Waals surface area contributed by atoms with E-state index in [4.69, 9.17) is 4.74 Å². The molecule has 2 aromatic carbocycles. The number of hydrogen-bond donors (Lipinski definition) is 0. The molecule has 0 amide bonds. The summed E-state index contributed by atoms with van der Waals surface area (Å²) in [6.07, 6.45) is 0. The van der Waals surface area contributed by atoms with Crippen molar-refractivity contribution >= 4 is 7.25 Å². The number of rotatable bonds is 2. The summed E-state index contributed by atoms with van der Waals surface area (Å²) in [6.45, 7) is 0. The number of methoxy groups -OCH3 is 1. The second-order valence-electron chi connectivity index (χ2n) is 3.75. The highest BCUT2D eigenvalue weighted by Crippen LogP contribution is 2.21. The fourth-order valence-electron chi connectivity index (χ4n) is 1.43. The van der Waals surface area contributed by atoms with Gasteiger partial charge in [-0.1, -0.05) is 12.1 Å². The first kappa shape index (κ1) is 16.8. The Balaban J connectivity index is 0.000000347. The molecule has 2 aromatic rings. The molecule has 0 saturated carbocycles. The Labute approximate surface area is 128 Å². The molecule has 0 radical (unpaired) electrons. The number of halogens is 5. The van der Waals surface area contributed by atoms with Gasteiger partial charge in [-0.15, -0.1) is 0 Å². The smallest absolute Gasteiger partial charge is 0.497 e. The van der Waals surface area contributed by atoms with E-state index in [2.05, 4.69) is 36.4 Å². The first-order valence-corrected chi connectivity index (χ1v) is 6.75. The standard InChI is InChI=1S/C13H12IO.BF4/c1-15-13-8-4-11(5-9-13)10-2-6-12(14)7-3-10;2-1(3,4)5/h2-9,14H,1H3;/q+1;-1. The Morgan fingerprint density at radius 1 is 0.800 bits per heavy atom. The average Bonchev–Trinajstić information content (AvgIpc) is 2.38. The molecule has 0 unspecified atom stereocenters. The summed E-state index contributed by atoms with van der Waals surface area (Å²) in [4.78, 5) is 0. The van der Waals surface area contributed by atoms with Crippen molar-refractivity contribution in [3.8, 4) is 16.9 Å². The van der Waals surface area contributed by atoms with Gasteiger partial charge in [0.1, 0.15) is 5.75 Å². The minimum Gasteiger partial charge on any atom is -0.497 e. The van der Waals surface area contributed by atoms with Crippen molar-refractivity contribution in [2.45, 2.75) is 0 Å². The van der Waals surface area contributed by atoms with Gasteiger partial charge >= 0.3 is 7.25 Å². The zero-order valence-corrected chi connectivity index (χ0v) is 12.9. The second-order valence-corrected chi connectivity index (χ2v) is 5.09. The van der Waals surface area contributed by atoms with Crippen LogP contribution in [0, 0.1) is 3.57 Å². The monoisotopic (exact) mass is 398 g/mol. The van der Waals surface area contributed by atoms with Crippen LogP contribution in [0.5, 0.6) is 5.75 Å². The van der Waals surface area contributed by atoms with Crippen molar-refractivity contribution in [1.29, 1.82) is 0 Å². The summed E-state index contributed by atoms with van der Waals surface area (Å²) in [6, 6.07) is 16.6. The molecule has 0 aromatic heterocycles. The average molecular weight is 398 g/mol.